The van der Waals surface area contributed by atoms with Crippen molar-refractivity contribution in [2.75, 3.05) is 0 Å². The summed E-state index contributed by atoms with van der Waals surface area (Å²) >= 11 is 6.37. The van der Waals surface area contributed by atoms with Gasteiger partial charge in [-0.2, -0.15) is 12.6 Å². The molecule has 0 amide bonds. The third kappa shape index (κ3) is 1.15. The first kappa shape index (κ1) is 8.24. The molecule has 2 aliphatic heterocycles. The lowest BCUT2D eigenvalue weighted by atomic mass is 10.1. The van der Waals surface area contributed by atoms with Crippen LogP contribution in [-0.4, -0.2) is 10.4 Å². The molecule has 1 fully saturated rings. The molecule has 0 saturated carbocycles. The van der Waals surface area contributed by atoms with Gasteiger partial charge < -0.3 is 4.52 Å². The SMILES string of the molecule is SCc1noc2c1C1CCC(C2)S1. The molecule has 2 atom stereocenters. The summed E-state index contributed by atoms with van der Waals surface area (Å²) in [6.07, 6.45) is 3.72. The second kappa shape index (κ2) is 2.95. The zero-order valence-electron chi connectivity index (χ0n) is 7.19. The van der Waals surface area contributed by atoms with Crippen molar-refractivity contribution in [1.29, 1.82) is 0 Å². The monoisotopic (exact) mass is 213 g/mol. The van der Waals surface area contributed by atoms with Crippen LogP contribution in [0.2, 0.25) is 0 Å². The largest absolute Gasteiger partial charge is 0.361 e. The molecule has 0 aromatic carbocycles. The second-order valence-electron chi connectivity index (χ2n) is 3.65. The third-order valence-electron chi connectivity index (χ3n) is 2.87. The van der Waals surface area contributed by atoms with Crippen LogP contribution >= 0.6 is 24.4 Å². The van der Waals surface area contributed by atoms with E-state index in [0.29, 0.717) is 11.0 Å². The van der Waals surface area contributed by atoms with Gasteiger partial charge in [0.05, 0.1) is 5.69 Å². The topological polar surface area (TPSA) is 26.0 Å². The molecule has 2 unspecified atom stereocenters. The lowest BCUT2D eigenvalue weighted by molar-refractivity contribution is 0.377. The zero-order chi connectivity index (χ0) is 8.84. The van der Waals surface area contributed by atoms with Crippen molar-refractivity contribution in [2.24, 2.45) is 0 Å². The van der Waals surface area contributed by atoms with Crippen molar-refractivity contribution < 1.29 is 4.52 Å². The maximum atomic E-state index is 5.35. The van der Waals surface area contributed by atoms with Crippen LogP contribution in [0.25, 0.3) is 0 Å². The fraction of sp³-hybridized carbons (Fsp3) is 0.667. The quantitative estimate of drug-likeness (QED) is 0.726. The zero-order valence-corrected chi connectivity index (χ0v) is 8.90. The Morgan fingerprint density at radius 2 is 2.46 bits per heavy atom. The minimum atomic E-state index is 0.655. The van der Waals surface area contributed by atoms with E-state index in [0.717, 1.165) is 23.1 Å². The van der Waals surface area contributed by atoms with E-state index >= 15 is 0 Å². The van der Waals surface area contributed by atoms with Crippen LogP contribution in [0, 0.1) is 0 Å². The number of rotatable bonds is 1. The summed E-state index contributed by atoms with van der Waals surface area (Å²) in [5.74, 6) is 1.84. The van der Waals surface area contributed by atoms with Crippen LogP contribution in [-0.2, 0) is 12.2 Å². The summed E-state index contributed by atoms with van der Waals surface area (Å²) in [5.41, 5.74) is 2.44. The molecule has 2 aliphatic rings. The molecular weight excluding hydrogens is 202 g/mol. The van der Waals surface area contributed by atoms with Gasteiger partial charge in [-0.05, 0) is 12.8 Å². The highest BCUT2D eigenvalue weighted by molar-refractivity contribution is 8.00. The molecule has 0 aliphatic carbocycles. The van der Waals surface area contributed by atoms with Crippen molar-refractivity contribution in [1.82, 2.24) is 5.16 Å². The van der Waals surface area contributed by atoms with E-state index in [1.54, 1.807) is 0 Å². The van der Waals surface area contributed by atoms with Crippen LogP contribution in [0.3, 0.4) is 0 Å². The Kier molecular flexibility index (Phi) is 1.87. The van der Waals surface area contributed by atoms with E-state index < -0.39 is 0 Å². The standard InChI is InChI=1S/C9H11NOS2/c12-4-6-9-7(11-10-6)3-5-1-2-8(9)13-5/h5,8,12H,1-4H2. The van der Waals surface area contributed by atoms with Gasteiger partial charge >= 0.3 is 0 Å². The van der Waals surface area contributed by atoms with Crippen LogP contribution < -0.4 is 0 Å². The van der Waals surface area contributed by atoms with Gasteiger partial charge in [-0.15, -0.1) is 11.8 Å². The fourth-order valence-corrected chi connectivity index (χ4v) is 4.16. The summed E-state index contributed by atoms with van der Waals surface area (Å²) in [7, 11) is 0. The Balaban J connectivity index is 2.09. The molecule has 3 rings (SSSR count). The van der Waals surface area contributed by atoms with E-state index in [4.69, 9.17) is 4.52 Å². The molecular formula is C9H11NOS2. The molecule has 70 valence electrons. The van der Waals surface area contributed by atoms with Gasteiger partial charge in [-0.3, -0.25) is 0 Å². The third-order valence-corrected chi connectivity index (χ3v) is 4.76. The van der Waals surface area contributed by atoms with Gasteiger partial charge in [0, 0.05) is 28.2 Å². The second-order valence-corrected chi connectivity index (χ2v) is 5.48. The number of aromatic nitrogens is 1. The Labute approximate surface area is 86.9 Å². The first-order chi connectivity index (χ1) is 6.38. The highest BCUT2D eigenvalue weighted by atomic mass is 32.2. The van der Waals surface area contributed by atoms with Crippen LogP contribution in [0.4, 0.5) is 0 Å². The molecule has 2 bridgehead atoms. The lowest BCUT2D eigenvalue weighted by Crippen LogP contribution is -2.08. The van der Waals surface area contributed by atoms with E-state index in [1.165, 1.54) is 18.4 Å². The van der Waals surface area contributed by atoms with Gasteiger partial charge in [0.15, 0.2) is 0 Å². The first-order valence-electron chi connectivity index (χ1n) is 4.62. The molecule has 1 aromatic rings. The number of hydrogen-bond donors (Lipinski definition) is 1. The first-order valence-corrected chi connectivity index (χ1v) is 6.19. The van der Waals surface area contributed by atoms with E-state index in [2.05, 4.69) is 29.5 Å². The van der Waals surface area contributed by atoms with Gasteiger partial charge in [-0.1, -0.05) is 5.16 Å². The molecule has 0 N–H and O–H groups in total. The normalized spacial score (nSPS) is 30.5. The molecule has 13 heavy (non-hydrogen) atoms. The minimum absolute atomic E-state index is 0.655. The Bertz CT molecular complexity index is 336. The molecule has 1 aromatic heterocycles. The Morgan fingerprint density at radius 1 is 1.54 bits per heavy atom. The van der Waals surface area contributed by atoms with Crippen LogP contribution in [0.1, 0.15) is 35.1 Å². The maximum Gasteiger partial charge on any atom is 0.142 e. The number of fused-ring (bicyclic) bond motifs is 4. The molecule has 3 heterocycles. The molecule has 4 heteroatoms. The van der Waals surface area contributed by atoms with Crippen molar-refractivity contribution in [3.8, 4) is 0 Å². The van der Waals surface area contributed by atoms with E-state index in [1.807, 2.05) is 0 Å². The number of hydrogen-bond acceptors (Lipinski definition) is 4. The number of thioether (sulfide) groups is 1. The maximum absolute atomic E-state index is 5.35. The van der Waals surface area contributed by atoms with Gasteiger partial charge in [0.2, 0.25) is 0 Å². The molecule has 0 radical (unpaired) electrons. The lowest BCUT2D eigenvalue weighted by Gasteiger charge is -2.17. The van der Waals surface area contributed by atoms with Gasteiger partial charge in [-0.25, -0.2) is 0 Å². The highest BCUT2D eigenvalue weighted by Crippen LogP contribution is 2.52. The van der Waals surface area contributed by atoms with Gasteiger partial charge in [0.1, 0.15) is 5.76 Å². The van der Waals surface area contributed by atoms with E-state index in [-0.39, 0.29) is 0 Å². The predicted octanol–water partition coefficient (Wildman–Crippen LogP) is 2.60. The minimum Gasteiger partial charge on any atom is -0.361 e. The Morgan fingerprint density at radius 3 is 3.31 bits per heavy atom. The average molecular weight is 213 g/mol. The van der Waals surface area contributed by atoms with Crippen molar-refractivity contribution in [3.63, 3.8) is 0 Å². The fourth-order valence-electron chi connectivity index (χ4n) is 2.27. The summed E-state index contributed by atoms with van der Waals surface area (Å²) in [6.45, 7) is 0. The molecule has 0 spiro atoms. The Hall–Kier alpha value is -0.0900. The summed E-state index contributed by atoms with van der Waals surface area (Å²) < 4.78 is 5.35. The molecule has 1 saturated heterocycles. The predicted molar refractivity (Wildman–Crippen MR) is 56.3 cm³/mol. The summed E-state index contributed by atoms with van der Waals surface area (Å²) in [6, 6.07) is 0. The van der Waals surface area contributed by atoms with Crippen LogP contribution in [0.15, 0.2) is 4.52 Å². The highest BCUT2D eigenvalue weighted by Gasteiger charge is 2.37. The van der Waals surface area contributed by atoms with Crippen molar-refractivity contribution in [3.05, 3.63) is 17.0 Å². The van der Waals surface area contributed by atoms with Gasteiger partial charge in [0.25, 0.3) is 0 Å². The van der Waals surface area contributed by atoms with Crippen LogP contribution in [0.5, 0.6) is 0 Å². The number of thiol groups is 1. The summed E-state index contributed by atoms with van der Waals surface area (Å²) in [4.78, 5) is 0. The molecule has 2 nitrogen and oxygen atoms in total. The summed E-state index contributed by atoms with van der Waals surface area (Å²) in [5, 5.41) is 5.52. The number of nitrogens with zero attached hydrogens (tertiary/aromatic N) is 1. The van der Waals surface area contributed by atoms with Crippen molar-refractivity contribution >= 4 is 24.4 Å². The average Bonchev–Trinajstić information content (AvgIpc) is 2.71. The van der Waals surface area contributed by atoms with E-state index in [9.17, 15) is 0 Å². The smallest absolute Gasteiger partial charge is 0.142 e. The van der Waals surface area contributed by atoms with Crippen molar-refractivity contribution in [2.45, 2.75) is 35.5 Å².